The molecule has 0 saturated carbocycles. The summed E-state index contributed by atoms with van der Waals surface area (Å²) in [6.07, 6.45) is 0. The van der Waals surface area contributed by atoms with Crippen molar-refractivity contribution in [3.63, 3.8) is 0 Å². The number of nitrogens with one attached hydrogen (secondary N) is 2. The first-order valence-electron chi connectivity index (χ1n) is 10.3. The van der Waals surface area contributed by atoms with E-state index < -0.39 is 5.63 Å². The predicted octanol–water partition coefficient (Wildman–Crippen LogP) is 5.74. The van der Waals surface area contributed by atoms with Crippen molar-refractivity contribution < 1.29 is 9.21 Å². The lowest BCUT2D eigenvalue weighted by Crippen LogP contribution is -2.34. The van der Waals surface area contributed by atoms with Crippen LogP contribution in [0.25, 0.3) is 32.9 Å². The number of benzene rings is 4. The molecule has 0 aliphatic rings. The Morgan fingerprint density at radius 3 is 2.24 bits per heavy atom. The van der Waals surface area contributed by atoms with Crippen molar-refractivity contribution in [3.05, 3.63) is 113 Å². The van der Waals surface area contributed by atoms with Gasteiger partial charge in [-0.15, -0.1) is 0 Å². The largest absolute Gasteiger partial charge is 0.422 e. The molecular formula is C27H18N2O3S. The molecule has 5 aromatic rings. The fourth-order valence-corrected chi connectivity index (χ4v) is 3.88. The number of fused-ring (bicyclic) bond motifs is 2. The maximum Gasteiger partial charge on any atom is 0.344 e. The Morgan fingerprint density at radius 1 is 0.758 bits per heavy atom. The van der Waals surface area contributed by atoms with E-state index in [0.29, 0.717) is 22.4 Å². The number of anilines is 1. The third kappa shape index (κ3) is 4.37. The number of carbonyl (C=O) groups is 1. The fourth-order valence-electron chi connectivity index (χ4n) is 3.66. The van der Waals surface area contributed by atoms with Crippen LogP contribution in [-0.4, -0.2) is 11.0 Å². The monoisotopic (exact) mass is 450 g/mol. The topological polar surface area (TPSA) is 71.3 Å². The lowest BCUT2D eigenvalue weighted by Gasteiger charge is -2.11. The molecule has 160 valence electrons. The second-order valence-corrected chi connectivity index (χ2v) is 7.94. The zero-order valence-electron chi connectivity index (χ0n) is 17.4. The molecular weight excluding hydrogens is 432 g/mol. The highest BCUT2D eigenvalue weighted by Crippen LogP contribution is 2.22. The average Bonchev–Trinajstić information content (AvgIpc) is 2.84. The Hall–Kier alpha value is -4.29. The molecule has 6 heteroatoms. The summed E-state index contributed by atoms with van der Waals surface area (Å²) < 4.78 is 5.42. The normalized spacial score (nSPS) is 10.8. The number of carbonyl (C=O) groups excluding carboxylic acids is 1. The van der Waals surface area contributed by atoms with Gasteiger partial charge in [-0.3, -0.25) is 10.1 Å². The van der Waals surface area contributed by atoms with Crippen LogP contribution >= 0.6 is 12.2 Å². The fraction of sp³-hybridized carbons (Fsp3) is 0. The zero-order valence-corrected chi connectivity index (χ0v) is 18.2. The van der Waals surface area contributed by atoms with Crippen LogP contribution in [0.3, 0.4) is 0 Å². The summed E-state index contributed by atoms with van der Waals surface area (Å²) >= 11 is 5.30. The van der Waals surface area contributed by atoms with Crippen molar-refractivity contribution in [2.75, 3.05) is 5.32 Å². The van der Waals surface area contributed by atoms with E-state index in [4.69, 9.17) is 16.6 Å². The van der Waals surface area contributed by atoms with Gasteiger partial charge in [-0.2, -0.15) is 0 Å². The van der Waals surface area contributed by atoms with Gasteiger partial charge in [0, 0.05) is 16.6 Å². The summed E-state index contributed by atoms with van der Waals surface area (Å²) in [4.78, 5) is 25.0. The van der Waals surface area contributed by atoms with Crippen molar-refractivity contribution in [2.24, 2.45) is 0 Å². The molecule has 0 aliphatic heterocycles. The van der Waals surface area contributed by atoms with Gasteiger partial charge >= 0.3 is 5.63 Å². The molecule has 5 rings (SSSR count). The highest BCUT2D eigenvalue weighted by molar-refractivity contribution is 7.80. The van der Waals surface area contributed by atoms with E-state index in [2.05, 4.69) is 10.6 Å². The second kappa shape index (κ2) is 8.68. The maximum atomic E-state index is 12.6. The van der Waals surface area contributed by atoms with Gasteiger partial charge in [0.2, 0.25) is 0 Å². The van der Waals surface area contributed by atoms with Crippen molar-refractivity contribution >= 4 is 50.7 Å². The summed E-state index contributed by atoms with van der Waals surface area (Å²) in [6, 6.07) is 29.7. The Kier molecular flexibility index (Phi) is 5.42. The number of hydrogen-bond acceptors (Lipinski definition) is 4. The molecule has 5 nitrogen and oxygen atoms in total. The van der Waals surface area contributed by atoms with Crippen molar-refractivity contribution in [1.29, 1.82) is 0 Å². The zero-order chi connectivity index (χ0) is 22.8. The highest BCUT2D eigenvalue weighted by atomic mass is 32.1. The molecule has 33 heavy (non-hydrogen) atoms. The molecule has 0 radical (unpaired) electrons. The minimum Gasteiger partial charge on any atom is -0.422 e. The second-order valence-electron chi connectivity index (χ2n) is 7.53. The number of thiocarbonyl (C=S) groups is 1. The van der Waals surface area contributed by atoms with Crippen molar-refractivity contribution in [3.8, 4) is 11.1 Å². The van der Waals surface area contributed by atoms with Gasteiger partial charge in [0.1, 0.15) is 5.58 Å². The SMILES string of the molecule is O=C(NC(=S)Nc1ccc(-c2cc3ccccc3oc2=O)cc1)c1ccc2ccccc2c1. The lowest BCUT2D eigenvalue weighted by atomic mass is 10.1. The molecule has 0 fully saturated rings. The van der Waals surface area contributed by atoms with E-state index in [1.807, 2.05) is 60.7 Å². The van der Waals surface area contributed by atoms with Crippen LogP contribution in [0.4, 0.5) is 5.69 Å². The van der Waals surface area contributed by atoms with Crippen LogP contribution in [0, 0.1) is 0 Å². The molecule has 0 aliphatic carbocycles. The van der Waals surface area contributed by atoms with E-state index >= 15 is 0 Å². The number of rotatable bonds is 3. The standard InChI is InChI=1S/C27H18N2O3S/c30-25(21-10-9-17-5-1-2-6-19(17)15-21)29-27(33)28-22-13-11-18(12-14-22)23-16-20-7-3-4-8-24(20)32-26(23)31/h1-16H,(H2,28,29,30,33). The summed E-state index contributed by atoms with van der Waals surface area (Å²) in [7, 11) is 0. The van der Waals surface area contributed by atoms with Crippen LogP contribution in [-0.2, 0) is 0 Å². The molecule has 1 aromatic heterocycles. The van der Waals surface area contributed by atoms with Gasteiger partial charge in [0.15, 0.2) is 5.11 Å². The molecule has 0 atom stereocenters. The summed E-state index contributed by atoms with van der Waals surface area (Å²) in [5.74, 6) is -0.288. The van der Waals surface area contributed by atoms with Crippen LogP contribution in [0.2, 0.25) is 0 Å². The van der Waals surface area contributed by atoms with E-state index in [1.165, 1.54) is 0 Å². The van der Waals surface area contributed by atoms with Gasteiger partial charge in [0.25, 0.3) is 5.91 Å². The number of para-hydroxylation sites is 1. The first-order valence-corrected chi connectivity index (χ1v) is 10.7. The van der Waals surface area contributed by atoms with E-state index in [1.54, 1.807) is 36.4 Å². The third-order valence-corrected chi connectivity index (χ3v) is 5.54. The van der Waals surface area contributed by atoms with Crippen LogP contribution < -0.4 is 16.3 Å². The molecule has 0 saturated heterocycles. The van der Waals surface area contributed by atoms with Gasteiger partial charge in [-0.1, -0.05) is 60.7 Å². The minimum absolute atomic E-state index is 0.186. The Bertz CT molecular complexity index is 1570. The summed E-state index contributed by atoms with van der Waals surface area (Å²) in [5, 5.41) is 8.79. The maximum absolute atomic E-state index is 12.6. The smallest absolute Gasteiger partial charge is 0.344 e. The highest BCUT2D eigenvalue weighted by Gasteiger charge is 2.10. The first kappa shape index (κ1) is 20.6. The molecule has 1 amide bonds. The van der Waals surface area contributed by atoms with E-state index in [0.717, 1.165) is 21.7 Å². The average molecular weight is 451 g/mol. The quantitative estimate of drug-likeness (QED) is 0.271. The molecule has 1 heterocycles. The van der Waals surface area contributed by atoms with Crippen molar-refractivity contribution in [2.45, 2.75) is 0 Å². The van der Waals surface area contributed by atoms with Gasteiger partial charge in [-0.05, 0) is 65.0 Å². The Balaban J connectivity index is 1.29. The molecule has 2 N–H and O–H groups in total. The van der Waals surface area contributed by atoms with Crippen LogP contribution in [0.5, 0.6) is 0 Å². The van der Waals surface area contributed by atoms with Gasteiger partial charge < -0.3 is 9.73 Å². The van der Waals surface area contributed by atoms with E-state index in [-0.39, 0.29) is 11.0 Å². The van der Waals surface area contributed by atoms with Crippen molar-refractivity contribution in [1.82, 2.24) is 5.32 Å². The third-order valence-electron chi connectivity index (χ3n) is 5.33. The molecule has 0 spiro atoms. The van der Waals surface area contributed by atoms with E-state index in [9.17, 15) is 9.59 Å². The first-order chi connectivity index (χ1) is 16.1. The predicted molar refractivity (Wildman–Crippen MR) is 136 cm³/mol. The molecule has 0 bridgehead atoms. The van der Waals surface area contributed by atoms with Crippen LogP contribution in [0.1, 0.15) is 10.4 Å². The van der Waals surface area contributed by atoms with Gasteiger partial charge in [0.05, 0.1) is 5.56 Å². The number of hydrogen-bond donors (Lipinski definition) is 2. The molecule has 0 unspecified atom stereocenters. The molecule has 4 aromatic carbocycles. The summed E-state index contributed by atoms with van der Waals surface area (Å²) in [5.41, 5.74) is 2.58. The van der Waals surface area contributed by atoms with Crippen LogP contribution in [0.15, 0.2) is 106 Å². The Morgan fingerprint density at radius 2 is 1.45 bits per heavy atom. The summed E-state index contributed by atoms with van der Waals surface area (Å²) in [6.45, 7) is 0. The number of amides is 1. The van der Waals surface area contributed by atoms with Gasteiger partial charge in [-0.25, -0.2) is 4.79 Å². The minimum atomic E-state index is -0.396. The Labute approximate surface area is 194 Å². The lowest BCUT2D eigenvalue weighted by molar-refractivity contribution is 0.0978.